The predicted octanol–water partition coefficient (Wildman–Crippen LogP) is 2.46. The fourth-order valence-corrected chi connectivity index (χ4v) is 2.05. The SMILES string of the molecule is CCCNc1cccc(-c2c(Br)nnn2C)n1. The Morgan fingerprint density at radius 1 is 1.41 bits per heavy atom. The Kier molecular flexibility index (Phi) is 3.73. The topological polar surface area (TPSA) is 55.6 Å². The summed E-state index contributed by atoms with van der Waals surface area (Å²) < 4.78 is 2.41. The van der Waals surface area contributed by atoms with E-state index < -0.39 is 0 Å². The van der Waals surface area contributed by atoms with Gasteiger partial charge in [-0.25, -0.2) is 9.67 Å². The lowest BCUT2D eigenvalue weighted by atomic mass is 10.3. The minimum atomic E-state index is 0.708. The minimum Gasteiger partial charge on any atom is -0.370 e. The lowest BCUT2D eigenvalue weighted by molar-refractivity contribution is 0.718. The molecule has 0 radical (unpaired) electrons. The van der Waals surface area contributed by atoms with E-state index in [0.717, 1.165) is 30.2 Å². The first kappa shape index (κ1) is 12.0. The van der Waals surface area contributed by atoms with Gasteiger partial charge in [0.05, 0.1) is 5.69 Å². The summed E-state index contributed by atoms with van der Waals surface area (Å²) in [6.07, 6.45) is 1.07. The number of anilines is 1. The van der Waals surface area contributed by atoms with E-state index in [0.29, 0.717) is 4.60 Å². The Morgan fingerprint density at radius 2 is 2.24 bits per heavy atom. The first-order valence-corrected chi connectivity index (χ1v) is 6.28. The van der Waals surface area contributed by atoms with Crippen molar-refractivity contribution in [2.24, 2.45) is 7.05 Å². The average molecular weight is 296 g/mol. The predicted molar refractivity (Wildman–Crippen MR) is 70.7 cm³/mol. The van der Waals surface area contributed by atoms with E-state index >= 15 is 0 Å². The molecule has 0 amide bonds. The van der Waals surface area contributed by atoms with Gasteiger partial charge in [-0.15, -0.1) is 5.10 Å². The van der Waals surface area contributed by atoms with Crippen LogP contribution in [0.15, 0.2) is 22.8 Å². The van der Waals surface area contributed by atoms with E-state index in [2.05, 4.69) is 43.5 Å². The van der Waals surface area contributed by atoms with Gasteiger partial charge in [0.15, 0.2) is 4.60 Å². The van der Waals surface area contributed by atoms with Crippen LogP contribution in [0.4, 0.5) is 5.82 Å². The molecule has 0 saturated heterocycles. The Bertz CT molecular complexity index is 489. The monoisotopic (exact) mass is 295 g/mol. The molecular formula is C11H14BrN5. The first-order chi connectivity index (χ1) is 8.22. The molecule has 0 aromatic carbocycles. The lowest BCUT2D eigenvalue weighted by Crippen LogP contribution is -2.03. The Morgan fingerprint density at radius 3 is 2.88 bits per heavy atom. The second-order valence-electron chi connectivity index (χ2n) is 3.69. The summed E-state index contributed by atoms with van der Waals surface area (Å²) in [4.78, 5) is 4.53. The van der Waals surface area contributed by atoms with Crippen LogP contribution >= 0.6 is 15.9 Å². The van der Waals surface area contributed by atoms with Gasteiger partial charge >= 0.3 is 0 Å². The fourth-order valence-electron chi connectivity index (χ4n) is 1.52. The summed E-state index contributed by atoms with van der Waals surface area (Å²) in [7, 11) is 1.85. The van der Waals surface area contributed by atoms with Crippen LogP contribution in [0.25, 0.3) is 11.4 Å². The highest BCUT2D eigenvalue weighted by atomic mass is 79.9. The summed E-state index contributed by atoms with van der Waals surface area (Å²) >= 11 is 3.38. The lowest BCUT2D eigenvalue weighted by Gasteiger charge is -2.06. The zero-order valence-corrected chi connectivity index (χ0v) is 11.4. The maximum absolute atomic E-state index is 4.53. The number of hydrogen-bond acceptors (Lipinski definition) is 4. The first-order valence-electron chi connectivity index (χ1n) is 5.49. The molecule has 0 bridgehead atoms. The van der Waals surface area contributed by atoms with Crippen LogP contribution in [0.3, 0.4) is 0 Å². The zero-order valence-electron chi connectivity index (χ0n) is 9.81. The molecule has 0 aliphatic heterocycles. The van der Waals surface area contributed by atoms with Crippen molar-refractivity contribution >= 4 is 21.7 Å². The zero-order chi connectivity index (χ0) is 12.3. The van der Waals surface area contributed by atoms with Crippen LogP contribution in [0.2, 0.25) is 0 Å². The third-order valence-corrected chi connectivity index (χ3v) is 2.87. The van der Waals surface area contributed by atoms with Gasteiger partial charge in [-0.1, -0.05) is 18.2 Å². The Hall–Kier alpha value is -1.43. The number of aryl methyl sites for hydroxylation is 1. The van der Waals surface area contributed by atoms with Gasteiger partial charge in [0.1, 0.15) is 11.5 Å². The molecule has 0 saturated carbocycles. The maximum Gasteiger partial charge on any atom is 0.157 e. The number of hydrogen-bond donors (Lipinski definition) is 1. The molecule has 1 N–H and O–H groups in total. The molecule has 2 aromatic heterocycles. The number of pyridine rings is 1. The van der Waals surface area contributed by atoms with E-state index in [1.165, 1.54) is 0 Å². The van der Waals surface area contributed by atoms with Crippen LogP contribution in [0.1, 0.15) is 13.3 Å². The second-order valence-corrected chi connectivity index (χ2v) is 4.44. The van der Waals surface area contributed by atoms with Crippen LogP contribution in [-0.4, -0.2) is 26.5 Å². The maximum atomic E-state index is 4.53. The van der Waals surface area contributed by atoms with E-state index in [1.807, 2.05) is 25.2 Å². The van der Waals surface area contributed by atoms with Crippen molar-refractivity contribution in [3.63, 3.8) is 0 Å². The summed E-state index contributed by atoms with van der Waals surface area (Å²) in [5.74, 6) is 0.873. The summed E-state index contributed by atoms with van der Waals surface area (Å²) in [5.41, 5.74) is 1.73. The highest BCUT2D eigenvalue weighted by molar-refractivity contribution is 9.10. The molecule has 0 aliphatic rings. The van der Waals surface area contributed by atoms with Crippen molar-refractivity contribution in [2.75, 3.05) is 11.9 Å². The average Bonchev–Trinajstić information content (AvgIpc) is 2.67. The number of aromatic nitrogens is 4. The quantitative estimate of drug-likeness (QED) is 0.941. The van der Waals surface area contributed by atoms with Crippen molar-refractivity contribution in [2.45, 2.75) is 13.3 Å². The molecule has 0 aliphatic carbocycles. The van der Waals surface area contributed by atoms with Crippen molar-refractivity contribution in [1.29, 1.82) is 0 Å². The van der Waals surface area contributed by atoms with Crippen molar-refractivity contribution < 1.29 is 0 Å². The van der Waals surface area contributed by atoms with Crippen molar-refractivity contribution in [1.82, 2.24) is 20.0 Å². The summed E-state index contributed by atoms with van der Waals surface area (Å²) in [6.45, 7) is 3.04. The molecule has 2 aromatic rings. The molecule has 0 spiro atoms. The number of halogens is 1. The second kappa shape index (κ2) is 5.27. The van der Waals surface area contributed by atoms with Gasteiger partial charge in [-0.2, -0.15) is 0 Å². The van der Waals surface area contributed by atoms with Crippen molar-refractivity contribution in [3.8, 4) is 11.4 Å². The molecule has 6 heteroatoms. The van der Waals surface area contributed by atoms with Crippen LogP contribution < -0.4 is 5.32 Å². The third kappa shape index (κ3) is 2.63. The molecule has 90 valence electrons. The molecule has 0 atom stereocenters. The van der Waals surface area contributed by atoms with E-state index in [-0.39, 0.29) is 0 Å². The highest BCUT2D eigenvalue weighted by Crippen LogP contribution is 2.24. The minimum absolute atomic E-state index is 0.708. The molecular weight excluding hydrogens is 282 g/mol. The van der Waals surface area contributed by atoms with Crippen LogP contribution in [0.5, 0.6) is 0 Å². The third-order valence-electron chi connectivity index (χ3n) is 2.33. The Labute approximate surface area is 108 Å². The summed E-state index contributed by atoms with van der Waals surface area (Å²) in [6, 6.07) is 5.87. The van der Waals surface area contributed by atoms with Gasteiger partial charge in [0.25, 0.3) is 0 Å². The molecule has 17 heavy (non-hydrogen) atoms. The number of nitrogens with one attached hydrogen (secondary N) is 1. The molecule has 2 rings (SSSR count). The van der Waals surface area contributed by atoms with Gasteiger partial charge in [0, 0.05) is 13.6 Å². The van der Waals surface area contributed by atoms with E-state index in [9.17, 15) is 0 Å². The summed E-state index contributed by atoms with van der Waals surface area (Å²) in [5, 5.41) is 11.2. The standard InChI is InChI=1S/C11H14BrN5/c1-3-7-13-9-6-4-5-8(14-9)10-11(12)15-16-17(10)2/h4-6H,3,7H2,1-2H3,(H,13,14). The molecule has 0 fully saturated rings. The van der Waals surface area contributed by atoms with Crippen molar-refractivity contribution in [3.05, 3.63) is 22.8 Å². The van der Waals surface area contributed by atoms with Crippen LogP contribution in [-0.2, 0) is 7.05 Å². The van der Waals surface area contributed by atoms with E-state index in [4.69, 9.17) is 0 Å². The van der Waals surface area contributed by atoms with Gasteiger partial charge in [0.2, 0.25) is 0 Å². The molecule has 5 nitrogen and oxygen atoms in total. The molecule has 0 unspecified atom stereocenters. The number of rotatable bonds is 4. The largest absolute Gasteiger partial charge is 0.370 e. The smallest absolute Gasteiger partial charge is 0.157 e. The van der Waals surface area contributed by atoms with Gasteiger partial charge in [-0.05, 0) is 34.5 Å². The normalized spacial score (nSPS) is 10.5. The van der Waals surface area contributed by atoms with Gasteiger partial charge < -0.3 is 5.32 Å². The molecule has 2 heterocycles. The fraction of sp³-hybridized carbons (Fsp3) is 0.364. The number of nitrogens with zero attached hydrogens (tertiary/aromatic N) is 4. The van der Waals surface area contributed by atoms with Gasteiger partial charge in [-0.3, -0.25) is 0 Å². The van der Waals surface area contributed by atoms with Crippen LogP contribution in [0, 0.1) is 0 Å². The van der Waals surface area contributed by atoms with E-state index in [1.54, 1.807) is 4.68 Å². The Balaban J connectivity index is 2.33. The highest BCUT2D eigenvalue weighted by Gasteiger charge is 2.11.